The Morgan fingerprint density at radius 2 is 1.78 bits per heavy atom. The molecule has 23 heavy (non-hydrogen) atoms. The molecule has 7 heteroatoms. The van der Waals surface area contributed by atoms with Crippen LogP contribution in [0.2, 0.25) is 0 Å². The van der Waals surface area contributed by atoms with Crippen LogP contribution in [0.15, 0.2) is 28.7 Å². The summed E-state index contributed by atoms with van der Waals surface area (Å²) < 4.78 is 5.27. The summed E-state index contributed by atoms with van der Waals surface area (Å²) in [5, 5.41) is 9.95. The molecule has 2 heterocycles. The summed E-state index contributed by atoms with van der Waals surface area (Å²) in [6.07, 6.45) is 3.10. The average Bonchev–Trinajstić information content (AvgIpc) is 3.04. The van der Waals surface area contributed by atoms with Crippen LogP contribution in [0.5, 0.6) is 0 Å². The van der Waals surface area contributed by atoms with Crippen molar-refractivity contribution in [3.8, 4) is 0 Å². The molecule has 1 aromatic heterocycles. The monoisotopic (exact) mass is 314 g/mol. The number of carbonyl (C=O) groups is 2. The summed E-state index contributed by atoms with van der Waals surface area (Å²) in [6.45, 7) is 3.34. The number of aromatic nitrogens is 2. The number of benzene rings is 1. The van der Waals surface area contributed by atoms with Gasteiger partial charge in [0.15, 0.2) is 0 Å². The molecule has 0 bridgehead atoms. The molecule has 0 aliphatic carbocycles. The minimum Gasteiger partial charge on any atom is -0.399 e. The molecule has 2 amide bonds. The van der Waals surface area contributed by atoms with Gasteiger partial charge in [0.05, 0.1) is 0 Å². The number of amides is 2. The van der Waals surface area contributed by atoms with Crippen molar-refractivity contribution in [3.63, 3.8) is 0 Å². The zero-order valence-electron chi connectivity index (χ0n) is 12.9. The van der Waals surface area contributed by atoms with Gasteiger partial charge in [0.25, 0.3) is 5.91 Å². The van der Waals surface area contributed by atoms with E-state index in [0.717, 1.165) is 24.8 Å². The lowest BCUT2D eigenvalue weighted by atomic mass is 10.1. The van der Waals surface area contributed by atoms with Gasteiger partial charge in [-0.2, -0.15) is 0 Å². The molecule has 3 rings (SSSR count). The van der Waals surface area contributed by atoms with Crippen molar-refractivity contribution in [3.05, 3.63) is 41.3 Å². The lowest BCUT2D eigenvalue weighted by Gasteiger charge is -2.24. The number of likely N-dealkylation sites (tertiary alicyclic amines) is 1. The van der Waals surface area contributed by atoms with E-state index in [1.807, 2.05) is 19.1 Å². The molecule has 0 atom stereocenters. The number of nitrogens with one attached hydrogen (secondary N) is 1. The number of hydrogen-bond acceptors (Lipinski definition) is 5. The highest BCUT2D eigenvalue weighted by Crippen LogP contribution is 2.14. The van der Waals surface area contributed by atoms with Crippen molar-refractivity contribution in [1.82, 2.24) is 15.1 Å². The van der Waals surface area contributed by atoms with E-state index in [1.165, 1.54) is 0 Å². The third-order valence-corrected chi connectivity index (χ3v) is 3.79. The summed E-state index contributed by atoms with van der Waals surface area (Å²) in [5.41, 5.74) is 1.55. The molecule has 2 aromatic rings. The fourth-order valence-corrected chi connectivity index (χ4v) is 2.47. The predicted octanol–water partition coefficient (Wildman–Crippen LogP) is 2.26. The third-order valence-electron chi connectivity index (χ3n) is 3.79. The normalized spacial score (nSPS) is 14.6. The van der Waals surface area contributed by atoms with Crippen LogP contribution in [0.25, 0.3) is 0 Å². The minimum atomic E-state index is -0.356. The Balaban J connectivity index is 1.65. The molecule has 1 aliphatic heterocycles. The van der Waals surface area contributed by atoms with E-state index in [-0.39, 0.29) is 23.7 Å². The van der Waals surface area contributed by atoms with E-state index in [1.54, 1.807) is 17.0 Å². The molecule has 120 valence electrons. The van der Waals surface area contributed by atoms with Crippen LogP contribution in [-0.2, 0) is 0 Å². The second-order valence-electron chi connectivity index (χ2n) is 5.59. The van der Waals surface area contributed by atoms with Gasteiger partial charge in [0, 0.05) is 18.7 Å². The number of piperidine rings is 1. The lowest BCUT2D eigenvalue weighted by Crippen LogP contribution is -2.35. The van der Waals surface area contributed by atoms with Crippen molar-refractivity contribution >= 4 is 17.8 Å². The molecule has 7 nitrogen and oxygen atoms in total. The summed E-state index contributed by atoms with van der Waals surface area (Å²) in [5.74, 6) is -0.732. The van der Waals surface area contributed by atoms with Crippen molar-refractivity contribution in [1.29, 1.82) is 0 Å². The van der Waals surface area contributed by atoms with Gasteiger partial charge in [-0.3, -0.25) is 14.9 Å². The first-order valence-electron chi connectivity index (χ1n) is 7.64. The predicted molar refractivity (Wildman–Crippen MR) is 83.2 cm³/mol. The van der Waals surface area contributed by atoms with Crippen LogP contribution in [0, 0.1) is 6.92 Å². The highest BCUT2D eigenvalue weighted by Gasteiger charge is 2.24. The largest absolute Gasteiger partial charge is 0.399 e. The molecule has 1 fully saturated rings. The fourth-order valence-electron chi connectivity index (χ4n) is 2.47. The second kappa shape index (κ2) is 6.60. The van der Waals surface area contributed by atoms with Crippen molar-refractivity contribution in [2.75, 3.05) is 18.4 Å². The van der Waals surface area contributed by atoms with Gasteiger partial charge in [0.1, 0.15) is 0 Å². The number of rotatable bonds is 3. The Labute approximate surface area is 133 Å². The number of hydrogen-bond donors (Lipinski definition) is 1. The van der Waals surface area contributed by atoms with Gasteiger partial charge in [-0.15, -0.1) is 5.10 Å². The topological polar surface area (TPSA) is 88.3 Å². The first-order valence-corrected chi connectivity index (χ1v) is 7.64. The van der Waals surface area contributed by atoms with Gasteiger partial charge in [0.2, 0.25) is 0 Å². The average molecular weight is 314 g/mol. The highest BCUT2D eigenvalue weighted by molar-refractivity contribution is 6.03. The Hall–Kier alpha value is -2.70. The standard InChI is InChI=1S/C16H18N4O3/c1-11-5-7-12(8-6-11)13(21)17-16-19-18-14(23-16)15(22)20-9-3-2-4-10-20/h5-8H,2-4,9-10H2,1H3,(H,17,19,21). The molecular weight excluding hydrogens is 296 g/mol. The SMILES string of the molecule is Cc1ccc(C(=O)Nc2nnc(C(=O)N3CCCCC3)o2)cc1. The van der Waals surface area contributed by atoms with E-state index < -0.39 is 0 Å². The van der Waals surface area contributed by atoms with Crippen LogP contribution in [0.1, 0.15) is 45.9 Å². The zero-order valence-corrected chi connectivity index (χ0v) is 12.9. The molecule has 1 aromatic carbocycles. The zero-order chi connectivity index (χ0) is 16.2. The first-order chi connectivity index (χ1) is 11.1. The molecule has 1 saturated heterocycles. The Morgan fingerprint density at radius 3 is 2.48 bits per heavy atom. The summed E-state index contributed by atoms with van der Waals surface area (Å²) >= 11 is 0. The summed E-state index contributed by atoms with van der Waals surface area (Å²) in [6, 6.07) is 7.03. The number of carbonyl (C=O) groups excluding carboxylic acids is 2. The van der Waals surface area contributed by atoms with Gasteiger partial charge < -0.3 is 9.32 Å². The lowest BCUT2D eigenvalue weighted by molar-refractivity contribution is 0.0684. The Kier molecular flexibility index (Phi) is 4.36. The van der Waals surface area contributed by atoms with Gasteiger partial charge in [-0.1, -0.05) is 22.8 Å². The van der Waals surface area contributed by atoms with Crippen LogP contribution in [0.3, 0.4) is 0 Å². The van der Waals surface area contributed by atoms with Crippen molar-refractivity contribution in [2.24, 2.45) is 0 Å². The number of anilines is 1. The molecular formula is C16H18N4O3. The summed E-state index contributed by atoms with van der Waals surface area (Å²) in [4.78, 5) is 26.0. The van der Waals surface area contributed by atoms with E-state index in [2.05, 4.69) is 15.5 Å². The van der Waals surface area contributed by atoms with Crippen LogP contribution < -0.4 is 5.32 Å². The molecule has 0 spiro atoms. The van der Waals surface area contributed by atoms with E-state index in [4.69, 9.17) is 4.42 Å². The number of nitrogens with zero attached hydrogens (tertiary/aromatic N) is 3. The number of aryl methyl sites for hydroxylation is 1. The van der Waals surface area contributed by atoms with E-state index in [0.29, 0.717) is 18.7 Å². The van der Waals surface area contributed by atoms with Crippen LogP contribution in [-0.4, -0.2) is 40.0 Å². The maximum Gasteiger partial charge on any atom is 0.322 e. The van der Waals surface area contributed by atoms with E-state index >= 15 is 0 Å². The quantitative estimate of drug-likeness (QED) is 0.938. The smallest absolute Gasteiger partial charge is 0.322 e. The Bertz CT molecular complexity index is 702. The maximum absolute atomic E-state index is 12.2. The maximum atomic E-state index is 12.2. The van der Waals surface area contributed by atoms with Crippen molar-refractivity contribution < 1.29 is 14.0 Å². The van der Waals surface area contributed by atoms with Crippen LogP contribution >= 0.6 is 0 Å². The molecule has 0 saturated carbocycles. The van der Waals surface area contributed by atoms with Crippen LogP contribution in [0.4, 0.5) is 6.01 Å². The van der Waals surface area contributed by atoms with E-state index in [9.17, 15) is 9.59 Å². The van der Waals surface area contributed by atoms with Gasteiger partial charge in [-0.25, -0.2) is 0 Å². The van der Waals surface area contributed by atoms with Crippen molar-refractivity contribution in [2.45, 2.75) is 26.2 Å². The fraction of sp³-hybridized carbons (Fsp3) is 0.375. The Morgan fingerprint density at radius 1 is 1.09 bits per heavy atom. The molecule has 1 aliphatic rings. The molecule has 0 radical (unpaired) electrons. The second-order valence-corrected chi connectivity index (χ2v) is 5.59. The van der Waals surface area contributed by atoms with Gasteiger partial charge >= 0.3 is 17.8 Å². The first kappa shape index (κ1) is 15.2. The third kappa shape index (κ3) is 3.56. The highest BCUT2D eigenvalue weighted by atomic mass is 16.4. The molecule has 0 unspecified atom stereocenters. The van der Waals surface area contributed by atoms with Gasteiger partial charge in [-0.05, 0) is 38.3 Å². The molecule has 1 N–H and O–H groups in total. The minimum absolute atomic E-state index is 0.0732. The summed E-state index contributed by atoms with van der Waals surface area (Å²) in [7, 11) is 0.